The van der Waals surface area contributed by atoms with Crippen LogP contribution in [0.2, 0.25) is 0 Å². The van der Waals surface area contributed by atoms with Crippen molar-refractivity contribution in [1.29, 1.82) is 5.26 Å². The third kappa shape index (κ3) is 5.75. The Balaban J connectivity index is 1.90. The Kier molecular flexibility index (Phi) is 6.71. The monoisotopic (exact) mass is 393 g/mol. The van der Waals surface area contributed by atoms with Gasteiger partial charge in [-0.05, 0) is 47.2 Å². The van der Waals surface area contributed by atoms with Gasteiger partial charge in [-0.25, -0.2) is 0 Å². The average Bonchev–Trinajstić information content (AvgIpc) is 2.91. The van der Waals surface area contributed by atoms with Crippen LogP contribution in [-0.2, 0) is 11.3 Å². The Morgan fingerprint density at radius 3 is 2.87 bits per heavy atom. The predicted octanol–water partition coefficient (Wildman–Crippen LogP) is 3.73. The smallest absolute Gasteiger partial charge is 0.238 e. The lowest BCUT2D eigenvalue weighted by Gasteiger charge is -2.16. The van der Waals surface area contributed by atoms with Crippen molar-refractivity contribution in [2.75, 3.05) is 24.7 Å². The molecule has 0 bridgehead atoms. The summed E-state index contributed by atoms with van der Waals surface area (Å²) in [5, 5.41) is 11.6. The van der Waals surface area contributed by atoms with Crippen molar-refractivity contribution in [2.24, 2.45) is 0 Å². The van der Waals surface area contributed by atoms with E-state index >= 15 is 0 Å². The SMILES string of the molecule is CN(CC(=O)Nc1ccccc1SCC#N)Cc1ccc(Br)o1. The number of carbonyl (C=O) groups is 1. The number of hydrogen-bond donors (Lipinski definition) is 1. The molecule has 1 amide bonds. The predicted molar refractivity (Wildman–Crippen MR) is 94.2 cm³/mol. The number of anilines is 1. The summed E-state index contributed by atoms with van der Waals surface area (Å²) in [5.74, 6) is 1.03. The van der Waals surface area contributed by atoms with Crippen LogP contribution >= 0.6 is 27.7 Å². The molecule has 0 radical (unpaired) electrons. The molecule has 120 valence electrons. The molecule has 0 aliphatic carbocycles. The quantitative estimate of drug-likeness (QED) is 0.725. The maximum atomic E-state index is 12.2. The average molecular weight is 394 g/mol. The maximum Gasteiger partial charge on any atom is 0.238 e. The van der Waals surface area contributed by atoms with Crippen molar-refractivity contribution in [1.82, 2.24) is 4.90 Å². The summed E-state index contributed by atoms with van der Waals surface area (Å²) < 4.78 is 6.10. The Morgan fingerprint density at radius 1 is 1.39 bits per heavy atom. The summed E-state index contributed by atoms with van der Waals surface area (Å²) in [6, 6.07) is 13.2. The molecule has 0 saturated heterocycles. The molecule has 0 unspecified atom stereocenters. The minimum atomic E-state index is -0.108. The van der Waals surface area contributed by atoms with Crippen molar-refractivity contribution >= 4 is 39.3 Å². The molecule has 0 fully saturated rings. The number of likely N-dealkylation sites (N-methyl/N-ethyl adjacent to an activating group) is 1. The second-order valence-corrected chi connectivity index (χ2v) is 6.67. The van der Waals surface area contributed by atoms with Crippen LogP contribution in [0.25, 0.3) is 0 Å². The maximum absolute atomic E-state index is 12.2. The fourth-order valence-electron chi connectivity index (χ4n) is 2.00. The van der Waals surface area contributed by atoms with E-state index in [0.29, 0.717) is 17.0 Å². The van der Waals surface area contributed by atoms with E-state index in [9.17, 15) is 4.79 Å². The third-order valence-corrected chi connectivity index (χ3v) is 4.29. The van der Waals surface area contributed by atoms with Gasteiger partial charge in [0.05, 0.1) is 30.6 Å². The van der Waals surface area contributed by atoms with Crippen LogP contribution in [0.3, 0.4) is 0 Å². The molecule has 7 heteroatoms. The first-order chi connectivity index (χ1) is 11.1. The van der Waals surface area contributed by atoms with E-state index in [0.717, 1.165) is 16.3 Å². The van der Waals surface area contributed by atoms with Gasteiger partial charge >= 0.3 is 0 Å². The number of nitrogens with one attached hydrogen (secondary N) is 1. The van der Waals surface area contributed by atoms with Gasteiger partial charge in [-0.15, -0.1) is 11.8 Å². The largest absolute Gasteiger partial charge is 0.453 e. The summed E-state index contributed by atoms with van der Waals surface area (Å²) in [6.07, 6.45) is 0. The zero-order chi connectivity index (χ0) is 16.7. The van der Waals surface area contributed by atoms with Gasteiger partial charge in [-0.1, -0.05) is 12.1 Å². The Labute approximate surface area is 147 Å². The first-order valence-corrected chi connectivity index (χ1v) is 8.67. The zero-order valence-corrected chi connectivity index (χ0v) is 15.0. The van der Waals surface area contributed by atoms with Gasteiger partial charge in [0.1, 0.15) is 5.76 Å². The molecule has 23 heavy (non-hydrogen) atoms. The van der Waals surface area contributed by atoms with Gasteiger partial charge in [0.15, 0.2) is 4.67 Å². The minimum absolute atomic E-state index is 0.108. The normalized spacial score (nSPS) is 10.5. The molecule has 1 N–H and O–H groups in total. The highest BCUT2D eigenvalue weighted by atomic mass is 79.9. The summed E-state index contributed by atoms with van der Waals surface area (Å²) in [7, 11) is 1.85. The number of rotatable bonds is 7. The van der Waals surface area contributed by atoms with Gasteiger partial charge in [0.25, 0.3) is 0 Å². The van der Waals surface area contributed by atoms with Crippen molar-refractivity contribution in [2.45, 2.75) is 11.4 Å². The highest BCUT2D eigenvalue weighted by Gasteiger charge is 2.11. The summed E-state index contributed by atoms with van der Waals surface area (Å²) in [6.45, 7) is 0.791. The van der Waals surface area contributed by atoms with Crippen LogP contribution in [0.5, 0.6) is 0 Å². The van der Waals surface area contributed by atoms with E-state index in [1.165, 1.54) is 11.8 Å². The van der Waals surface area contributed by atoms with Crippen LogP contribution in [0.1, 0.15) is 5.76 Å². The van der Waals surface area contributed by atoms with E-state index < -0.39 is 0 Å². The molecule has 2 aromatic rings. The van der Waals surface area contributed by atoms with Crippen LogP contribution in [-0.4, -0.2) is 30.2 Å². The Bertz CT molecular complexity index is 711. The second-order valence-electron chi connectivity index (χ2n) is 4.87. The number of nitrogens with zero attached hydrogens (tertiary/aromatic N) is 2. The summed E-state index contributed by atoms with van der Waals surface area (Å²) in [4.78, 5) is 14.9. The molecule has 0 spiro atoms. The molecule has 0 aliphatic heterocycles. The van der Waals surface area contributed by atoms with E-state index in [4.69, 9.17) is 9.68 Å². The topological polar surface area (TPSA) is 69.3 Å². The van der Waals surface area contributed by atoms with Crippen molar-refractivity contribution in [3.8, 4) is 6.07 Å². The van der Waals surface area contributed by atoms with E-state index in [1.807, 2.05) is 48.3 Å². The number of carbonyl (C=O) groups excluding carboxylic acids is 1. The number of benzene rings is 1. The molecular weight excluding hydrogens is 378 g/mol. The number of hydrogen-bond acceptors (Lipinski definition) is 5. The Hall–Kier alpha value is -1.75. The summed E-state index contributed by atoms with van der Waals surface area (Å²) >= 11 is 4.66. The van der Waals surface area contributed by atoms with Crippen molar-refractivity contribution in [3.63, 3.8) is 0 Å². The van der Waals surface area contributed by atoms with Gasteiger partial charge in [0, 0.05) is 4.90 Å². The van der Waals surface area contributed by atoms with Gasteiger partial charge < -0.3 is 9.73 Å². The van der Waals surface area contributed by atoms with E-state index in [1.54, 1.807) is 0 Å². The lowest BCUT2D eigenvalue weighted by atomic mass is 10.3. The number of halogens is 1. The third-order valence-electron chi connectivity index (χ3n) is 2.92. The molecule has 1 aromatic carbocycles. The van der Waals surface area contributed by atoms with Crippen LogP contribution in [0, 0.1) is 11.3 Å². The first kappa shape index (κ1) is 17.6. The fourth-order valence-corrected chi connectivity index (χ4v) is 3.01. The highest BCUT2D eigenvalue weighted by Crippen LogP contribution is 2.26. The number of furan rings is 1. The molecule has 1 aromatic heterocycles. The molecule has 0 atom stereocenters. The van der Waals surface area contributed by atoms with E-state index in [2.05, 4.69) is 27.3 Å². The Morgan fingerprint density at radius 2 is 2.17 bits per heavy atom. The van der Waals surface area contributed by atoms with Crippen LogP contribution in [0.15, 0.2) is 50.4 Å². The molecule has 0 saturated carbocycles. The lowest BCUT2D eigenvalue weighted by Crippen LogP contribution is -2.29. The fraction of sp³-hybridized carbons (Fsp3) is 0.250. The molecule has 0 aliphatic rings. The van der Waals surface area contributed by atoms with Crippen molar-refractivity contribution < 1.29 is 9.21 Å². The number of para-hydroxylation sites is 1. The molecular formula is C16H16BrN3O2S. The number of thioether (sulfide) groups is 1. The standard InChI is InChI=1S/C16H16BrN3O2S/c1-20(10-12-6-7-15(17)22-12)11-16(21)19-13-4-2-3-5-14(13)23-9-8-18/h2-7H,9-11H2,1H3,(H,19,21). The summed E-state index contributed by atoms with van der Waals surface area (Å²) in [5.41, 5.74) is 0.729. The number of nitriles is 1. The minimum Gasteiger partial charge on any atom is -0.453 e. The highest BCUT2D eigenvalue weighted by molar-refractivity contribution is 9.10. The van der Waals surface area contributed by atoms with Crippen LogP contribution in [0.4, 0.5) is 5.69 Å². The first-order valence-electron chi connectivity index (χ1n) is 6.90. The molecule has 5 nitrogen and oxygen atoms in total. The van der Waals surface area contributed by atoms with Gasteiger partial charge in [0.2, 0.25) is 5.91 Å². The van der Waals surface area contributed by atoms with Crippen LogP contribution < -0.4 is 5.32 Å². The van der Waals surface area contributed by atoms with Gasteiger partial charge in [-0.3, -0.25) is 9.69 Å². The van der Waals surface area contributed by atoms with Crippen molar-refractivity contribution in [3.05, 3.63) is 46.8 Å². The molecule has 1 heterocycles. The molecule has 2 rings (SSSR count). The van der Waals surface area contributed by atoms with E-state index in [-0.39, 0.29) is 12.5 Å². The van der Waals surface area contributed by atoms with Gasteiger partial charge in [-0.2, -0.15) is 5.26 Å². The number of amides is 1. The zero-order valence-electron chi connectivity index (χ0n) is 12.6. The lowest BCUT2D eigenvalue weighted by molar-refractivity contribution is -0.117. The second kappa shape index (κ2) is 8.77.